The zero-order chi connectivity index (χ0) is 11.7. The molecule has 2 heterocycles. The molecule has 0 amide bonds. The molecule has 0 N–H and O–H groups in total. The minimum absolute atomic E-state index is 0.0897. The highest BCUT2D eigenvalue weighted by Crippen LogP contribution is 2.17. The number of aromatic nitrogens is 3. The second-order valence-corrected chi connectivity index (χ2v) is 3.78. The summed E-state index contributed by atoms with van der Waals surface area (Å²) in [5.74, 6) is -1.19. The van der Waals surface area contributed by atoms with Crippen molar-refractivity contribution in [2.24, 2.45) is 0 Å². The number of fused-ring (bicyclic) bond motifs is 1. The molecule has 0 radical (unpaired) electrons. The Morgan fingerprint density at radius 1 is 1.69 bits per heavy atom. The molecule has 2 rings (SSSR count). The largest absolute Gasteiger partial charge is 0.460 e. The summed E-state index contributed by atoms with van der Waals surface area (Å²) in [6.07, 6.45) is 1.13. The molecular formula is C9H7BrFN3O2. The van der Waals surface area contributed by atoms with Crippen LogP contribution in [-0.4, -0.2) is 27.2 Å². The summed E-state index contributed by atoms with van der Waals surface area (Å²) in [5, 5.41) is 3.81. The summed E-state index contributed by atoms with van der Waals surface area (Å²) in [6, 6.07) is 1.25. The summed E-state index contributed by atoms with van der Waals surface area (Å²) in [4.78, 5) is 15.3. The molecule has 0 aliphatic carbocycles. The van der Waals surface area contributed by atoms with Crippen molar-refractivity contribution in [3.8, 4) is 0 Å². The Morgan fingerprint density at radius 3 is 3.12 bits per heavy atom. The third-order valence-corrected chi connectivity index (χ3v) is 2.40. The molecule has 0 spiro atoms. The molecule has 0 saturated heterocycles. The van der Waals surface area contributed by atoms with E-state index < -0.39 is 11.8 Å². The van der Waals surface area contributed by atoms with Crippen LogP contribution in [0.4, 0.5) is 4.39 Å². The van der Waals surface area contributed by atoms with E-state index in [1.807, 2.05) is 0 Å². The van der Waals surface area contributed by atoms with Gasteiger partial charge in [-0.3, -0.25) is 0 Å². The molecule has 0 fully saturated rings. The van der Waals surface area contributed by atoms with E-state index in [4.69, 9.17) is 4.74 Å². The zero-order valence-corrected chi connectivity index (χ0v) is 9.86. The van der Waals surface area contributed by atoms with Gasteiger partial charge < -0.3 is 4.74 Å². The molecule has 84 valence electrons. The lowest BCUT2D eigenvalue weighted by Gasteiger charge is -1.94. The van der Waals surface area contributed by atoms with E-state index in [1.54, 1.807) is 6.92 Å². The summed E-state index contributed by atoms with van der Waals surface area (Å²) in [6.45, 7) is 1.92. The maximum absolute atomic E-state index is 13.0. The molecule has 2 aromatic heterocycles. The quantitative estimate of drug-likeness (QED) is 0.791. The van der Waals surface area contributed by atoms with Gasteiger partial charge in [-0.2, -0.15) is 4.98 Å². The number of rotatable bonds is 2. The van der Waals surface area contributed by atoms with E-state index in [1.165, 1.54) is 10.6 Å². The second-order valence-electron chi connectivity index (χ2n) is 2.93. The van der Waals surface area contributed by atoms with Gasteiger partial charge in [0.15, 0.2) is 5.65 Å². The smallest absolute Gasteiger partial charge is 0.378 e. The van der Waals surface area contributed by atoms with E-state index in [0.29, 0.717) is 10.1 Å². The normalized spacial score (nSPS) is 10.7. The van der Waals surface area contributed by atoms with Crippen molar-refractivity contribution >= 4 is 27.5 Å². The fourth-order valence-electron chi connectivity index (χ4n) is 1.20. The Balaban J connectivity index is 2.51. The Morgan fingerprint density at radius 2 is 2.44 bits per heavy atom. The van der Waals surface area contributed by atoms with Gasteiger partial charge in [0.05, 0.1) is 17.3 Å². The molecule has 0 aliphatic rings. The predicted octanol–water partition coefficient (Wildman–Crippen LogP) is 1.81. The van der Waals surface area contributed by atoms with E-state index in [-0.39, 0.29) is 12.4 Å². The molecule has 0 unspecified atom stereocenters. The zero-order valence-electron chi connectivity index (χ0n) is 8.28. The minimum atomic E-state index is -0.626. The van der Waals surface area contributed by atoms with Crippen LogP contribution >= 0.6 is 15.9 Å². The number of ether oxygens (including phenoxy) is 1. The lowest BCUT2D eigenvalue weighted by molar-refractivity contribution is 0.0512. The number of hydrogen-bond donors (Lipinski definition) is 0. The minimum Gasteiger partial charge on any atom is -0.460 e. The van der Waals surface area contributed by atoms with Gasteiger partial charge in [-0.05, 0) is 28.9 Å². The first kappa shape index (κ1) is 11.0. The van der Waals surface area contributed by atoms with Crippen LogP contribution in [0.3, 0.4) is 0 Å². The highest BCUT2D eigenvalue weighted by molar-refractivity contribution is 9.10. The Hall–Kier alpha value is -1.50. The number of halogens is 2. The van der Waals surface area contributed by atoms with Crippen molar-refractivity contribution in [3.05, 3.63) is 28.4 Å². The monoisotopic (exact) mass is 287 g/mol. The molecule has 7 heteroatoms. The van der Waals surface area contributed by atoms with Crippen LogP contribution in [0.15, 0.2) is 16.7 Å². The van der Waals surface area contributed by atoms with E-state index in [0.717, 1.165) is 6.20 Å². The Bertz CT molecular complexity index is 555. The Kier molecular flexibility index (Phi) is 2.86. The van der Waals surface area contributed by atoms with Crippen LogP contribution in [0.25, 0.3) is 5.65 Å². The highest BCUT2D eigenvalue weighted by atomic mass is 79.9. The van der Waals surface area contributed by atoms with E-state index in [9.17, 15) is 9.18 Å². The van der Waals surface area contributed by atoms with Crippen LogP contribution in [0, 0.1) is 5.82 Å². The molecule has 5 nitrogen and oxygen atoms in total. The van der Waals surface area contributed by atoms with Crippen LogP contribution in [-0.2, 0) is 4.74 Å². The first-order chi connectivity index (χ1) is 7.61. The lowest BCUT2D eigenvalue weighted by Crippen LogP contribution is -2.06. The highest BCUT2D eigenvalue weighted by Gasteiger charge is 2.15. The van der Waals surface area contributed by atoms with Crippen LogP contribution in [0.1, 0.15) is 17.5 Å². The standard InChI is InChI=1S/C9H7BrFN3O2/c1-2-16-9(15)7-12-8-6(10)3-5(11)4-14(8)13-7/h3-4H,2H2,1H3. The van der Waals surface area contributed by atoms with Gasteiger partial charge in [0.25, 0.3) is 5.82 Å². The van der Waals surface area contributed by atoms with Crippen molar-refractivity contribution in [2.45, 2.75) is 6.92 Å². The third kappa shape index (κ3) is 1.90. The van der Waals surface area contributed by atoms with Crippen molar-refractivity contribution in [2.75, 3.05) is 6.61 Å². The lowest BCUT2D eigenvalue weighted by atomic mass is 10.5. The van der Waals surface area contributed by atoms with Crippen molar-refractivity contribution < 1.29 is 13.9 Å². The van der Waals surface area contributed by atoms with Crippen molar-refractivity contribution in [1.82, 2.24) is 14.6 Å². The average molecular weight is 288 g/mol. The van der Waals surface area contributed by atoms with E-state index in [2.05, 4.69) is 26.0 Å². The summed E-state index contributed by atoms with van der Waals surface area (Å²) < 4.78 is 19.4. The van der Waals surface area contributed by atoms with Gasteiger partial charge >= 0.3 is 5.97 Å². The predicted molar refractivity (Wildman–Crippen MR) is 56.6 cm³/mol. The Labute approximate surface area is 98.4 Å². The third-order valence-electron chi connectivity index (χ3n) is 1.81. The fourth-order valence-corrected chi connectivity index (χ4v) is 1.69. The van der Waals surface area contributed by atoms with Gasteiger partial charge in [0, 0.05) is 0 Å². The topological polar surface area (TPSA) is 56.5 Å². The molecule has 0 atom stereocenters. The molecular weight excluding hydrogens is 281 g/mol. The molecule has 0 bridgehead atoms. The van der Waals surface area contributed by atoms with Crippen molar-refractivity contribution in [1.29, 1.82) is 0 Å². The van der Waals surface area contributed by atoms with E-state index >= 15 is 0 Å². The number of nitrogens with zero attached hydrogens (tertiary/aromatic N) is 3. The average Bonchev–Trinajstić information content (AvgIpc) is 2.62. The van der Waals surface area contributed by atoms with Gasteiger partial charge in [-0.1, -0.05) is 0 Å². The summed E-state index contributed by atoms with van der Waals surface area (Å²) in [5.41, 5.74) is 0.365. The van der Waals surface area contributed by atoms with Gasteiger partial charge in [0.1, 0.15) is 5.82 Å². The van der Waals surface area contributed by atoms with Gasteiger partial charge in [0.2, 0.25) is 0 Å². The molecule has 2 aromatic rings. The number of esters is 1. The molecule has 0 aromatic carbocycles. The van der Waals surface area contributed by atoms with Gasteiger partial charge in [-0.25, -0.2) is 13.7 Å². The number of carbonyl (C=O) groups is 1. The number of hydrogen-bond acceptors (Lipinski definition) is 4. The molecule has 0 saturated carbocycles. The SMILES string of the molecule is CCOC(=O)c1nc2c(Br)cc(F)cn2n1. The second kappa shape index (κ2) is 4.17. The first-order valence-electron chi connectivity index (χ1n) is 4.50. The van der Waals surface area contributed by atoms with Crippen molar-refractivity contribution in [3.63, 3.8) is 0 Å². The maximum atomic E-state index is 13.0. The summed E-state index contributed by atoms with van der Waals surface area (Å²) in [7, 11) is 0. The van der Waals surface area contributed by atoms with Crippen LogP contribution in [0.2, 0.25) is 0 Å². The first-order valence-corrected chi connectivity index (χ1v) is 5.29. The molecule has 16 heavy (non-hydrogen) atoms. The van der Waals surface area contributed by atoms with Gasteiger partial charge in [-0.15, -0.1) is 5.10 Å². The fraction of sp³-hybridized carbons (Fsp3) is 0.222. The number of carbonyl (C=O) groups excluding carboxylic acids is 1. The maximum Gasteiger partial charge on any atom is 0.378 e. The number of pyridine rings is 1. The summed E-state index contributed by atoms with van der Waals surface area (Å²) >= 11 is 3.13. The van der Waals surface area contributed by atoms with Crippen LogP contribution < -0.4 is 0 Å². The molecule has 0 aliphatic heterocycles. The van der Waals surface area contributed by atoms with Crippen LogP contribution in [0.5, 0.6) is 0 Å².